The first-order valence-corrected chi connectivity index (χ1v) is 23.2. The number of imidazole rings is 2. The van der Waals surface area contributed by atoms with Crippen molar-refractivity contribution in [1.29, 1.82) is 0 Å². The highest BCUT2D eigenvalue weighted by molar-refractivity contribution is 7.12. The van der Waals surface area contributed by atoms with E-state index in [1.54, 1.807) is 33.5 Å². The number of halogens is 1. The zero-order chi connectivity index (χ0) is 46.6. The largest absolute Gasteiger partial charge is 0.464 e. The fraction of sp³-hybridized carbons (Fsp3) is 0.417. The number of H-pyrrole nitrogens is 2. The van der Waals surface area contributed by atoms with Crippen molar-refractivity contribution in [2.24, 2.45) is 11.8 Å². The summed E-state index contributed by atoms with van der Waals surface area (Å²) in [5.41, 5.74) is 4.61. The molecule has 0 aliphatic carbocycles. The summed E-state index contributed by atoms with van der Waals surface area (Å²) in [5.74, 6) is 0.429. The summed E-state index contributed by atoms with van der Waals surface area (Å²) in [7, 11) is 2.54. The van der Waals surface area contributed by atoms with Crippen LogP contribution in [0.15, 0.2) is 60.9 Å². The van der Waals surface area contributed by atoms with Crippen molar-refractivity contribution >= 4 is 46.2 Å². The van der Waals surface area contributed by atoms with Gasteiger partial charge in [-0.1, -0.05) is 33.8 Å². The Morgan fingerprint density at radius 3 is 1.89 bits per heavy atom. The van der Waals surface area contributed by atoms with E-state index in [4.69, 9.17) is 19.2 Å². The van der Waals surface area contributed by atoms with Crippen LogP contribution in [0.5, 0.6) is 5.75 Å². The highest BCUT2D eigenvalue weighted by Crippen LogP contribution is 2.48. The molecular formula is C48H54FN9O7S. The minimum absolute atomic E-state index is 0.151. The molecule has 346 valence electrons. The number of hydrogen-bond donors (Lipinski definition) is 4. The van der Waals surface area contributed by atoms with Crippen LogP contribution in [0, 0.1) is 24.6 Å². The third-order valence-electron chi connectivity index (χ3n) is 12.9. The van der Waals surface area contributed by atoms with E-state index >= 15 is 4.39 Å². The first-order valence-electron chi connectivity index (χ1n) is 22.4. The van der Waals surface area contributed by atoms with Gasteiger partial charge in [0, 0.05) is 34.5 Å². The zero-order valence-corrected chi connectivity index (χ0v) is 38.8. The molecule has 4 aromatic heterocycles. The monoisotopic (exact) mass is 919 g/mol. The van der Waals surface area contributed by atoms with Crippen LogP contribution < -0.4 is 15.4 Å². The average Bonchev–Trinajstić information content (AvgIpc) is 4.16. The summed E-state index contributed by atoms with van der Waals surface area (Å²) in [6.45, 7) is 10.6. The van der Waals surface area contributed by atoms with Gasteiger partial charge in [0.2, 0.25) is 18.0 Å². The number of carbonyl (C=O) groups excluding carboxylic acids is 4. The van der Waals surface area contributed by atoms with E-state index in [0.29, 0.717) is 59.4 Å². The second-order valence-corrected chi connectivity index (χ2v) is 19.2. The van der Waals surface area contributed by atoms with E-state index in [1.165, 1.54) is 20.3 Å². The topological polar surface area (TPSA) is 189 Å². The van der Waals surface area contributed by atoms with Crippen LogP contribution in [0.3, 0.4) is 0 Å². The van der Waals surface area contributed by atoms with Gasteiger partial charge in [-0.25, -0.2) is 23.9 Å². The second kappa shape index (κ2) is 17.9. The number of likely N-dealkylation sites (tertiary alicyclic amines) is 2. The Bertz CT molecular complexity index is 2830. The van der Waals surface area contributed by atoms with Gasteiger partial charge in [-0.15, -0.1) is 11.3 Å². The second-order valence-electron chi connectivity index (χ2n) is 17.9. The van der Waals surface area contributed by atoms with Gasteiger partial charge in [-0.3, -0.25) is 14.2 Å². The van der Waals surface area contributed by atoms with Crippen molar-refractivity contribution in [3.05, 3.63) is 88.1 Å². The van der Waals surface area contributed by atoms with Crippen LogP contribution in [0.1, 0.15) is 93.1 Å². The number of carbonyl (C=O) groups is 4. The van der Waals surface area contributed by atoms with Gasteiger partial charge in [0.05, 0.1) is 71.7 Å². The number of aromatic amines is 2. The number of methoxy groups -OCH3 is 2. The Labute approximate surface area is 385 Å². The maximum Gasteiger partial charge on any atom is 0.407 e. The van der Waals surface area contributed by atoms with Crippen molar-refractivity contribution in [2.75, 3.05) is 27.3 Å². The van der Waals surface area contributed by atoms with E-state index in [1.807, 2.05) is 81.7 Å². The van der Waals surface area contributed by atoms with Crippen LogP contribution in [0.4, 0.5) is 14.0 Å². The number of fused-ring (bicyclic) bond motifs is 5. The SMILES string of the molecule is COC(=O)N[C@H](C(=O)N1CCC[C@H]1c1ncc(-c2cc(F)c3c(c2)OC(c2ccc(C)s2)n2c-3cc3cc(-c4cnc([C@@H]5CCCN5C(=O)[C@@H](NC(=O)OC)C(C)C)[nH]4)ccc32)[nH]1)C(C)C. The third-order valence-corrected chi connectivity index (χ3v) is 14.0. The van der Waals surface area contributed by atoms with E-state index in [2.05, 4.69) is 25.6 Å². The summed E-state index contributed by atoms with van der Waals surface area (Å²) >= 11 is 1.61. The summed E-state index contributed by atoms with van der Waals surface area (Å²) in [6, 6.07) is 13.3. The molecule has 3 aliphatic rings. The summed E-state index contributed by atoms with van der Waals surface area (Å²) in [6.07, 6.45) is 4.48. The predicted octanol–water partition coefficient (Wildman–Crippen LogP) is 8.63. The molecule has 18 heteroatoms. The number of nitrogens with one attached hydrogen (secondary N) is 4. The first-order chi connectivity index (χ1) is 31.7. The lowest BCUT2D eigenvalue weighted by Crippen LogP contribution is -2.51. The lowest BCUT2D eigenvalue weighted by Gasteiger charge is -2.30. The molecule has 4 amide bonds. The molecule has 0 saturated carbocycles. The molecular weight excluding hydrogens is 866 g/mol. The van der Waals surface area contributed by atoms with Crippen LogP contribution >= 0.6 is 11.3 Å². The van der Waals surface area contributed by atoms with Gasteiger partial charge < -0.3 is 44.6 Å². The fourth-order valence-corrected chi connectivity index (χ4v) is 10.5. The molecule has 3 aliphatic heterocycles. The molecule has 0 spiro atoms. The highest BCUT2D eigenvalue weighted by Gasteiger charge is 2.40. The highest BCUT2D eigenvalue weighted by atomic mass is 32.1. The molecule has 1 unspecified atom stereocenters. The molecule has 2 aromatic carbocycles. The number of aryl methyl sites for hydroxylation is 1. The minimum Gasteiger partial charge on any atom is -0.464 e. The van der Waals surface area contributed by atoms with Gasteiger partial charge in [-0.2, -0.15) is 0 Å². The molecule has 16 nitrogen and oxygen atoms in total. The van der Waals surface area contributed by atoms with Gasteiger partial charge in [0.25, 0.3) is 0 Å². The Morgan fingerprint density at radius 2 is 1.36 bits per heavy atom. The first kappa shape index (κ1) is 44.5. The van der Waals surface area contributed by atoms with Gasteiger partial charge in [0.1, 0.15) is 35.3 Å². The molecule has 0 bridgehead atoms. The van der Waals surface area contributed by atoms with Crippen molar-refractivity contribution in [3.8, 4) is 39.5 Å². The summed E-state index contributed by atoms with van der Waals surface area (Å²) in [4.78, 5) is 73.6. The molecule has 0 radical (unpaired) electrons. The fourth-order valence-electron chi connectivity index (χ4n) is 9.56. The summed E-state index contributed by atoms with van der Waals surface area (Å²) in [5, 5.41) is 6.26. The minimum atomic E-state index is -0.769. The van der Waals surface area contributed by atoms with Crippen LogP contribution in [-0.4, -0.2) is 97.7 Å². The van der Waals surface area contributed by atoms with E-state index in [9.17, 15) is 19.2 Å². The maximum atomic E-state index is 16.8. The molecule has 5 atom stereocenters. The predicted molar refractivity (Wildman–Crippen MR) is 246 cm³/mol. The molecule has 9 rings (SSSR count). The van der Waals surface area contributed by atoms with E-state index < -0.39 is 36.3 Å². The normalized spacial score (nSPS) is 18.8. The lowest BCUT2D eigenvalue weighted by atomic mass is 10.0. The van der Waals surface area contributed by atoms with Crippen molar-refractivity contribution in [2.45, 2.75) is 90.7 Å². The Morgan fingerprint density at radius 1 is 0.788 bits per heavy atom. The molecule has 66 heavy (non-hydrogen) atoms. The number of benzene rings is 2. The number of thiophene rings is 1. The van der Waals surface area contributed by atoms with Crippen LogP contribution in [0.2, 0.25) is 0 Å². The number of aromatic nitrogens is 5. The van der Waals surface area contributed by atoms with Gasteiger partial charge >= 0.3 is 12.2 Å². The Kier molecular flexibility index (Phi) is 12.1. The Hall–Kier alpha value is -6.69. The number of nitrogens with zero attached hydrogens (tertiary/aromatic N) is 5. The van der Waals surface area contributed by atoms with E-state index in [-0.39, 0.29) is 35.7 Å². The van der Waals surface area contributed by atoms with Crippen molar-refractivity contribution < 1.29 is 37.8 Å². The van der Waals surface area contributed by atoms with Crippen LogP contribution in [-0.2, 0) is 19.1 Å². The third kappa shape index (κ3) is 8.15. The van der Waals surface area contributed by atoms with Gasteiger partial charge in [0.15, 0.2) is 0 Å². The number of ether oxygens (including phenoxy) is 3. The Balaban J connectivity index is 1.02. The van der Waals surface area contributed by atoms with Crippen molar-refractivity contribution in [1.82, 2.24) is 44.9 Å². The number of amides is 4. The maximum absolute atomic E-state index is 16.8. The lowest BCUT2D eigenvalue weighted by molar-refractivity contribution is -0.136. The van der Waals surface area contributed by atoms with E-state index in [0.717, 1.165) is 51.2 Å². The van der Waals surface area contributed by atoms with Crippen molar-refractivity contribution in [3.63, 3.8) is 0 Å². The smallest absolute Gasteiger partial charge is 0.407 e. The number of rotatable bonds is 11. The molecule has 6 aromatic rings. The van der Waals surface area contributed by atoms with Crippen LogP contribution in [0.25, 0.3) is 44.7 Å². The number of alkyl carbamates (subject to hydrolysis) is 2. The molecule has 2 saturated heterocycles. The quantitative estimate of drug-likeness (QED) is 0.0987. The summed E-state index contributed by atoms with van der Waals surface area (Å²) < 4.78 is 35.2. The zero-order valence-electron chi connectivity index (χ0n) is 37.9. The molecule has 7 heterocycles. The molecule has 2 fully saturated rings. The standard InChI is InChI=1S/C48H54FN9O7S/c1-24(2)40(54-47(61)63-6)44(59)56-16-8-10-34(56)42-50-22-31(52-42)27-13-14-33-29(18-27)20-36-39-30(49)19-28(21-37(39)65-46(58(33)36)38-15-12-26(5)66-38)32-23-51-43(53-32)35-11-9-17-57(35)45(60)41(25(3)4)55-48(62)64-7/h12-15,18-25,34-35,40-41,46H,8-11,16-17H2,1-7H3,(H,50,52)(H,51,53)(H,54,61)(H,55,62)/t34-,35-,40-,41-,46?/m0/s1. The van der Waals surface area contributed by atoms with Gasteiger partial charge in [-0.05, 0) is 86.9 Å². The number of hydrogen-bond acceptors (Lipinski definition) is 10. The average molecular weight is 920 g/mol. The molecule has 4 N–H and O–H groups in total.